The molecule has 2 N–H and O–H groups in total. The topological polar surface area (TPSA) is 54.3 Å². The van der Waals surface area contributed by atoms with Crippen molar-refractivity contribution in [2.75, 3.05) is 5.32 Å². The molecule has 0 bridgehead atoms. The minimum absolute atomic E-state index is 0.372. The molecule has 1 atom stereocenters. The second-order valence-electron chi connectivity index (χ2n) is 6.87. The molecule has 1 unspecified atom stereocenters. The lowest BCUT2D eigenvalue weighted by atomic mass is 9.82. The molecule has 27 heavy (non-hydrogen) atoms. The summed E-state index contributed by atoms with van der Waals surface area (Å²) in [4.78, 5) is 13.1. The van der Waals surface area contributed by atoms with Crippen molar-refractivity contribution >= 4 is 44.8 Å². The van der Waals surface area contributed by atoms with Crippen molar-refractivity contribution in [1.29, 1.82) is 0 Å². The van der Waals surface area contributed by atoms with Crippen molar-refractivity contribution in [3.8, 4) is 0 Å². The quantitative estimate of drug-likeness (QED) is 0.292. The van der Waals surface area contributed by atoms with Gasteiger partial charge in [0.05, 0.1) is 16.8 Å². The van der Waals surface area contributed by atoms with Crippen LogP contribution in [0.1, 0.15) is 18.1 Å². The Bertz CT molecular complexity index is 1280. The fourth-order valence-corrected chi connectivity index (χ4v) is 4.24. The Hall–Kier alpha value is -3.18. The normalized spacial score (nSPS) is 18.8. The zero-order valence-electron chi connectivity index (χ0n) is 14.6. The van der Waals surface area contributed by atoms with Gasteiger partial charge >= 0.3 is 5.63 Å². The van der Waals surface area contributed by atoms with E-state index in [0.29, 0.717) is 21.9 Å². The summed E-state index contributed by atoms with van der Waals surface area (Å²) >= 11 is 5.48. The van der Waals surface area contributed by atoms with Crippen LogP contribution < -0.4 is 16.3 Å². The van der Waals surface area contributed by atoms with E-state index < -0.39 is 5.54 Å². The largest absolute Gasteiger partial charge is 0.422 e. The number of anilines is 1. The van der Waals surface area contributed by atoms with Crippen molar-refractivity contribution in [1.82, 2.24) is 5.32 Å². The maximum atomic E-state index is 13.1. The highest BCUT2D eigenvalue weighted by Crippen LogP contribution is 2.40. The van der Waals surface area contributed by atoms with Gasteiger partial charge in [0.2, 0.25) is 0 Å². The second kappa shape index (κ2) is 5.66. The van der Waals surface area contributed by atoms with Crippen molar-refractivity contribution in [3.05, 3.63) is 88.3 Å². The third-order valence-corrected chi connectivity index (χ3v) is 5.46. The summed E-state index contributed by atoms with van der Waals surface area (Å²) in [5.41, 5.74) is 1.61. The molecule has 5 heteroatoms. The van der Waals surface area contributed by atoms with E-state index in [9.17, 15) is 4.79 Å². The smallest absolute Gasteiger partial charge is 0.344 e. The molecule has 0 saturated carbocycles. The van der Waals surface area contributed by atoms with E-state index in [0.717, 1.165) is 21.7 Å². The highest BCUT2D eigenvalue weighted by atomic mass is 32.1. The minimum atomic E-state index is -0.778. The molecule has 1 aliphatic rings. The maximum absolute atomic E-state index is 13.1. The summed E-state index contributed by atoms with van der Waals surface area (Å²) in [6.07, 6.45) is 0. The van der Waals surface area contributed by atoms with Gasteiger partial charge in [0.1, 0.15) is 5.58 Å². The molecule has 3 aromatic carbocycles. The highest BCUT2D eigenvalue weighted by molar-refractivity contribution is 7.80. The third kappa shape index (κ3) is 2.28. The molecule has 0 saturated heterocycles. The van der Waals surface area contributed by atoms with Gasteiger partial charge in [-0.25, -0.2) is 4.79 Å². The van der Waals surface area contributed by atoms with Gasteiger partial charge in [-0.15, -0.1) is 0 Å². The van der Waals surface area contributed by atoms with Crippen LogP contribution in [-0.4, -0.2) is 5.11 Å². The molecule has 0 aliphatic carbocycles. The van der Waals surface area contributed by atoms with Crippen LogP contribution in [0.2, 0.25) is 0 Å². The number of hydrogen-bond donors (Lipinski definition) is 2. The number of benzene rings is 3. The fraction of sp³-hybridized carbons (Fsp3) is 0.0909. The lowest BCUT2D eigenvalue weighted by Crippen LogP contribution is -2.52. The Morgan fingerprint density at radius 2 is 1.67 bits per heavy atom. The van der Waals surface area contributed by atoms with Crippen LogP contribution in [0.5, 0.6) is 0 Å². The lowest BCUT2D eigenvalue weighted by molar-refractivity contribution is 0.476. The molecule has 0 radical (unpaired) electrons. The number of fused-ring (bicyclic) bond motifs is 5. The summed E-state index contributed by atoms with van der Waals surface area (Å²) in [6.45, 7) is 1.96. The van der Waals surface area contributed by atoms with Gasteiger partial charge in [0.15, 0.2) is 5.11 Å². The molecule has 1 aliphatic heterocycles. The summed E-state index contributed by atoms with van der Waals surface area (Å²) in [5, 5.41) is 9.71. The van der Waals surface area contributed by atoms with Gasteiger partial charge in [-0.2, -0.15) is 0 Å². The van der Waals surface area contributed by atoms with E-state index in [2.05, 4.69) is 10.6 Å². The molecular formula is C22H16N2O2S. The zero-order valence-corrected chi connectivity index (χ0v) is 15.4. The summed E-state index contributed by atoms with van der Waals surface area (Å²) in [5.74, 6) is 0. The third-order valence-electron chi connectivity index (χ3n) is 5.25. The Morgan fingerprint density at radius 1 is 0.926 bits per heavy atom. The first-order valence-electron chi connectivity index (χ1n) is 8.72. The van der Waals surface area contributed by atoms with E-state index in [1.54, 1.807) is 0 Å². The van der Waals surface area contributed by atoms with Crippen molar-refractivity contribution in [2.45, 2.75) is 12.5 Å². The number of thiocarbonyl (C=S) groups is 1. The van der Waals surface area contributed by atoms with Gasteiger partial charge in [0.25, 0.3) is 0 Å². The van der Waals surface area contributed by atoms with E-state index in [1.807, 2.05) is 73.7 Å². The molecule has 0 fully saturated rings. The fourth-order valence-electron chi connectivity index (χ4n) is 3.94. The van der Waals surface area contributed by atoms with Crippen LogP contribution in [0.15, 0.2) is 75.9 Å². The van der Waals surface area contributed by atoms with Crippen LogP contribution in [0.4, 0.5) is 5.69 Å². The van der Waals surface area contributed by atoms with Crippen LogP contribution >= 0.6 is 12.2 Å². The second-order valence-corrected chi connectivity index (χ2v) is 7.28. The SMILES string of the molecule is CC1(c2ccccc2)NC(=S)Nc2c1c(=O)oc1c2ccc2ccccc21. The molecular weight excluding hydrogens is 356 g/mol. The number of rotatable bonds is 1. The van der Waals surface area contributed by atoms with Crippen molar-refractivity contribution < 1.29 is 4.42 Å². The summed E-state index contributed by atoms with van der Waals surface area (Å²) in [7, 11) is 0. The Labute approximate surface area is 160 Å². The van der Waals surface area contributed by atoms with E-state index in [1.165, 1.54) is 0 Å². The predicted octanol–water partition coefficient (Wildman–Crippen LogP) is 4.51. The van der Waals surface area contributed by atoms with Gasteiger partial charge in [-0.3, -0.25) is 0 Å². The first-order valence-corrected chi connectivity index (χ1v) is 9.12. The Kier molecular flexibility index (Phi) is 3.36. The molecule has 5 rings (SSSR count). The molecule has 2 heterocycles. The molecule has 4 nitrogen and oxygen atoms in total. The summed E-state index contributed by atoms with van der Waals surface area (Å²) < 4.78 is 5.85. The average molecular weight is 372 g/mol. The zero-order chi connectivity index (χ0) is 18.6. The number of nitrogens with one attached hydrogen (secondary N) is 2. The van der Waals surface area contributed by atoms with Gasteiger partial charge < -0.3 is 15.1 Å². The summed E-state index contributed by atoms with van der Waals surface area (Å²) in [6, 6.07) is 21.7. The standard InChI is InChI=1S/C22H16N2O2S/c1-22(14-8-3-2-4-9-14)17-18(23-21(27)24-22)16-12-11-13-7-5-6-10-15(13)19(16)26-20(17)25/h2-12H,1H3,(H2,23,24,27). The highest BCUT2D eigenvalue weighted by Gasteiger charge is 2.40. The number of hydrogen-bond acceptors (Lipinski definition) is 3. The van der Waals surface area contributed by atoms with Crippen LogP contribution in [-0.2, 0) is 5.54 Å². The van der Waals surface area contributed by atoms with Gasteiger partial charge in [-0.05, 0) is 36.2 Å². The molecule has 4 aromatic rings. The van der Waals surface area contributed by atoms with Crippen LogP contribution in [0.25, 0.3) is 21.7 Å². The van der Waals surface area contributed by atoms with Gasteiger partial charge in [-0.1, -0.05) is 60.7 Å². The van der Waals surface area contributed by atoms with Gasteiger partial charge in [0, 0.05) is 10.8 Å². The first-order chi connectivity index (χ1) is 13.1. The lowest BCUT2D eigenvalue weighted by Gasteiger charge is -2.38. The first kappa shape index (κ1) is 16.0. The van der Waals surface area contributed by atoms with E-state index >= 15 is 0 Å². The molecule has 1 aromatic heterocycles. The average Bonchev–Trinajstić information content (AvgIpc) is 2.68. The monoisotopic (exact) mass is 372 g/mol. The van der Waals surface area contributed by atoms with Crippen molar-refractivity contribution in [3.63, 3.8) is 0 Å². The van der Waals surface area contributed by atoms with Crippen LogP contribution in [0, 0.1) is 0 Å². The molecule has 0 amide bonds. The predicted molar refractivity (Wildman–Crippen MR) is 112 cm³/mol. The van der Waals surface area contributed by atoms with Crippen molar-refractivity contribution in [2.24, 2.45) is 0 Å². The Morgan fingerprint density at radius 3 is 2.48 bits per heavy atom. The van der Waals surface area contributed by atoms with Crippen LogP contribution in [0.3, 0.4) is 0 Å². The Balaban J connectivity index is 1.91. The maximum Gasteiger partial charge on any atom is 0.344 e. The molecule has 132 valence electrons. The van der Waals surface area contributed by atoms with E-state index in [-0.39, 0.29) is 5.63 Å². The van der Waals surface area contributed by atoms with E-state index in [4.69, 9.17) is 16.6 Å². The molecule has 0 spiro atoms. The minimum Gasteiger partial charge on any atom is -0.422 e.